The van der Waals surface area contributed by atoms with Crippen molar-refractivity contribution in [2.75, 3.05) is 5.32 Å². The third kappa shape index (κ3) is 4.77. The predicted molar refractivity (Wildman–Crippen MR) is 108 cm³/mol. The van der Waals surface area contributed by atoms with Crippen LogP contribution in [0.5, 0.6) is 5.75 Å². The van der Waals surface area contributed by atoms with Crippen LogP contribution in [-0.4, -0.2) is 11.0 Å². The van der Waals surface area contributed by atoms with Crippen LogP contribution in [0.4, 0.5) is 5.69 Å². The summed E-state index contributed by atoms with van der Waals surface area (Å²) in [5.74, 6) is -0.521. The second kappa shape index (κ2) is 9.06. The molecule has 1 amide bonds. The van der Waals surface area contributed by atoms with E-state index in [0.29, 0.717) is 5.69 Å². The number of rotatable bonds is 6. The lowest BCUT2D eigenvalue weighted by molar-refractivity contribution is -0.112. The number of nitrogens with one attached hydrogen (secondary N) is 2. The van der Waals surface area contributed by atoms with Crippen LogP contribution >= 0.6 is 0 Å². The van der Waals surface area contributed by atoms with Gasteiger partial charge in [0.05, 0.1) is 6.04 Å². The monoisotopic (exact) mass is 369 g/mol. The molecular formula is C23H19N3O2. The fourth-order valence-corrected chi connectivity index (χ4v) is 2.77. The summed E-state index contributed by atoms with van der Waals surface area (Å²) in [6, 6.07) is 27.4. The van der Waals surface area contributed by atoms with E-state index in [4.69, 9.17) is 0 Å². The molecule has 0 radical (unpaired) electrons. The van der Waals surface area contributed by atoms with E-state index in [9.17, 15) is 15.2 Å². The lowest BCUT2D eigenvalue weighted by Gasteiger charge is -2.19. The molecule has 3 rings (SSSR count). The van der Waals surface area contributed by atoms with Crippen molar-refractivity contribution in [1.29, 1.82) is 5.26 Å². The summed E-state index contributed by atoms with van der Waals surface area (Å²) >= 11 is 0. The third-order valence-electron chi connectivity index (χ3n) is 4.13. The first-order chi connectivity index (χ1) is 13.7. The Labute approximate surface area is 163 Å². The number of nitriles is 1. The number of aromatic hydroxyl groups is 1. The number of nitrogens with zero attached hydrogens (tertiary/aromatic N) is 1. The van der Waals surface area contributed by atoms with Crippen LogP contribution in [0.3, 0.4) is 0 Å². The molecule has 0 fully saturated rings. The van der Waals surface area contributed by atoms with Gasteiger partial charge in [-0.3, -0.25) is 4.79 Å². The molecular weight excluding hydrogens is 350 g/mol. The Kier molecular flexibility index (Phi) is 6.06. The topological polar surface area (TPSA) is 85.2 Å². The molecule has 0 aliphatic rings. The number of hydrogen-bond donors (Lipinski definition) is 3. The van der Waals surface area contributed by atoms with Crippen molar-refractivity contribution in [2.24, 2.45) is 0 Å². The number of anilines is 1. The number of carbonyl (C=O) groups excluding carboxylic acids is 1. The third-order valence-corrected chi connectivity index (χ3v) is 4.13. The minimum Gasteiger partial charge on any atom is -0.508 e. The highest BCUT2D eigenvalue weighted by atomic mass is 16.3. The summed E-state index contributed by atoms with van der Waals surface area (Å²) < 4.78 is 0. The average Bonchev–Trinajstić information content (AvgIpc) is 2.72. The molecule has 0 saturated heterocycles. The Morgan fingerprint density at radius 3 is 2.07 bits per heavy atom. The largest absolute Gasteiger partial charge is 0.508 e. The van der Waals surface area contributed by atoms with E-state index in [-0.39, 0.29) is 17.4 Å². The van der Waals surface area contributed by atoms with Crippen LogP contribution < -0.4 is 10.6 Å². The molecule has 0 bridgehead atoms. The summed E-state index contributed by atoms with van der Waals surface area (Å²) in [7, 11) is 0. The summed E-state index contributed by atoms with van der Waals surface area (Å²) in [5, 5.41) is 24.7. The second-order valence-electron chi connectivity index (χ2n) is 6.10. The first kappa shape index (κ1) is 18.7. The molecule has 138 valence electrons. The molecule has 0 aliphatic heterocycles. The van der Waals surface area contributed by atoms with E-state index < -0.39 is 5.91 Å². The van der Waals surface area contributed by atoms with Crippen molar-refractivity contribution in [2.45, 2.75) is 6.04 Å². The van der Waals surface area contributed by atoms with Crippen molar-refractivity contribution < 1.29 is 9.90 Å². The highest BCUT2D eigenvalue weighted by molar-refractivity contribution is 6.06. The van der Waals surface area contributed by atoms with Gasteiger partial charge in [0.15, 0.2) is 0 Å². The number of amides is 1. The molecule has 0 atom stereocenters. The quantitative estimate of drug-likeness (QED) is 0.451. The number of hydrogen-bond acceptors (Lipinski definition) is 4. The van der Waals surface area contributed by atoms with Gasteiger partial charge in [-0.15, -0.1) is 0 Å². The van der Waals surface area contributed by atoms with Crippen LogP contribution in [0.2, 0.25) is 0 Å². The molecule has 3 aromatic rings. The Morgan fingerprint density at radius 1 is 0.929 bits per heavy atom. The zero-order valence-corrected chi connectivity index (χ0v) is 15.0. The molecule has 0 aliphatic carbocycles. The van der Waals surface area contributed by atoms with E-state index in [1.165, 1.54) is 18.3 Å². The fraction of sp³-hybridized carbons (Fsp3) is 0.0435. The second-order valence-corrected chi connectivity index (χ2v) is 6.10. The summed E-state index contributed by atoms with van der Waals surface area (Å²) in [6.07, 6.45) is 1.42. The van der Waals surface area contributed by atoms with Crippen molar-refractivity contribution >= 4 is 11.6 Å². The van der Waals surface area contributed by atoms with Gasteiger partial charge in [-0.1, -0.05) is 66.7 Å². The van der Waals surface area contributed by atoms with Crippen molar-refractivity contribution in [1.82, 2.24) is 5.32 Å². The molecule has 0 unspecified atom stereocenters. The summed E-state index contributed by atoms with van der Waals surface area (Å²) in [5.41, 5.74) is 2.36. The minimum atomic E-state index is -0.555. The smallest absolute Gasteiger partial charge is 0.267 e. The van der Waals surface area contributed by atoms with Gasteiger partial charge in [-0.25, -0.2) is 0 Å². The number of carbonyl (C=O) groups is 1. The van der Waals surface area contributed by atoms with Gasteiger partial charge in [0.2, 0.25) is 0 Å². The highest BCUT2D eigenvalue weighted by Crippen LogP contribution is 2.22. The van der Waals surface area contributed by atoms with Crippen LogP contribution in [0.1, 0.15) is 17.2 Å². The lowest BCUT2D eigenvalue weighted by atomic mass is 9.99. The van der Waals surface area contributed by atoms with E-state index >= 15 is 0 Å². The van der Waals surface area contributed by atoms with Gasteiger partial charge in [-0.2, -0.15) is 5.26 Å². The van der Waals surface area contributed by atoms with E-state index in [2.05, 4.69) is 10.6 Å². The van der Waals surface area contributed by atoms with Crippen LogP contribution in [-0.2, 0) is 4.79 Å². The van der Waals surface area contributed by atoms with Gasteiger partial charge in [0.1, 0.15) is 17.4 Å². The van der Waals surface area contributed by atoms with Gasteiger partial charge in [-0.05, 0) is 23.3 Å². The number of phenols is 1. The molecule has 0 saturated carbocycles. The summed E-state index contributed by atoms with van der Waals surface area (Å²) in [4.78, 5) is 12.4. The highest BCUT2D eigenvalue weighted by Gasteiger charge is 2.14. The number of phenolic OH excluding ortho intramolecular Hbond substituents is 1. The molecule has 5 nitrogen and oxygen atoms in total. The molecule has 0 heterocycles. The molecule has 0 spiro atoms. The van der Waals surface area contributed by atoms with Gasteiger partial charge < -0.3 is 15.7 Å². The van der Waals surface area contributed by atoms with Crippen LogP contribution in [0, 0.1) is 11.3 Å². The Morgan fingerprint density at radius 2 is 1.54 bits per heavy atom. The Balaban J connectivity index is 1.82. The average molecular weight is 369 g/mol. The molecule has 0 aromatic heterocycles. The van der Waals surface area contributed by atoms with Gasteiger partial charge in [0.25, 0.3) is 5.91 Å². The maximum atomic E-state index is 12.4. The van der Waals surface area contributed by atoms with Crippen molar-refractivity contribution in [3.8, 4) is 11.8 Å². The number of benzene rings is 3. The molecule has 3 N–H and O–H groups in total. The van der Waals surface area contributed by atoms with E-state index in [0.717, 1.165) is 11.1 Å². The SMILES string of the molecule is N#C/C(=C/NC(c1ccccc1)c1ccccc1)C(=O)Nc1cccc(O)c1. The summed E-state index contributed by atoms with van der Waals surface area (Å²) in [6.45, 7) is 0. The normalized spacial score (nSPS) is 10.9. The van der Waals surface area contributed by atoms with Crippen LogP contribution in [0.25, 0.3) is 0 Å². The Hall–Kier alpha value is -4.04. The van der Waals surface area contributed by atoms with E-state index in [1.54, 1.807) is 12.1 Å². The van der Waals surface area contributed by atoms with Crippen LogP contribution in [0.15, 0.2) is 96.7 Å². The van der Waals surface area contributed by atoms with Crippen molar-refractivity contribution in [3.05, 3.63) is 108 Å². The lowest BCUT2D eigenvalue weighted by Crippen LogP contribution is -2.21. The maximum Gasteiger partial charge on any atom is 0.267 e. The fourth-order valence-electron chi connectivity index (χ4n) is 2.77. The zero-order chi connectivity index (χ0) is 19.8. The molecule has 3 aromatic carbocycles. The predicted octanol–water partition coefficient (Wildman–Crippen LogP) is 4.12. The zero-order valence-electron chi connectivity index (χ0n) is 15.0. The maximum absolute atomic E-state index is 12.4. The van der Waals surface area contributed by atoms with Gasteiger partial charge >= 0.3 is 0 Å². The minimum absolute atomic E-state index is 0.0339. The molecule has 28 heavy (non-hydrogen) atoms. The molecule has 5 heteroatoms. The standard InChI is InChI=1S/C23H19N3O2/c24-15-19(23(28)26-20-12-7-13-21(27)14-20)16-25-22(17-8-3-1-4-9-17)18-10-5-2-6-11-18/h1-14,16,22,25,27H,(H,26,28)/b19-16-. The van der Waals surface area contributed by atoms with Gasteiger partial charge in [0, 0.05) is 18.0 Å². The first-order valence-electron chi connectivity index (χ1n) is 8.74. The van der Waals surface area contributed by atoms with E-state index in [1.807, 2.05) is 66.7 Å². The Bertz CT molecular complexity index is 969. The first-order valence-corrected chi connectivity index (χ1v) is 8.74. The van der Waals surface area contributed by atoms with Crippen molar-refractivity contribution in [3.63, 3.8) is 0 Å².